The molecule has 0 spiro atoms. The Morgan fingerprint density at radius 3 is 2.38 bits per heavy atom. The summed E-state index contributed by atoms with van der Waals surface area (Å²) in [4.78, 5) is 11.2. The van der Waals surface area contributed by atoms with Gasteiger partial charge in [-0.2, -0.15) is 13.2 Å². The summed E-state index contributed by atoms with van der Waals surface area (Å²) in [6.07, 6.45) is -3.61. The van der Waals surface area contributed by atoms with Crippen molar-refractivity contribution in [1.29, 1.82) is 0 Å². The third kappa shape index (κ3) is 3.93. The fourth-order valence-electron chi connectivity index (χ4n) is 0.767. The molecule has 1 amide bonds. The van der Waals surface area contributed by atoms with Gasteiger partial charge >= 0.3 is 12.1 Å². The number of nitrogens with zero attached hydrogens (tertiary/aromatic N) is 1. The van der Waals surface area contributed by atoms with Crippen LogP contribution in [0.5, 0.6) is 0 Å². The van der Waals surface area contributed by atoms with Gasteiger partial charge in [-0.1, -0.05) is 6.08 Å². The van der Waals surface area contributed by atoms with Crippen LogP contribution in [-0.2, 0) is 4.79 Å². The summed E-state index contributed by atoms with van der Waals surface area (Å²) in [7, 11) is 0. The zero-order valence-electron chi connectivity index (χ0n) is 6.97. The summed E-state index contributed by atoms with van der Waals surface area (Å²) < 4.78 is 35.6. The maximum absolute atomic E-state index is 11.9. The Balaban J connectivity index is 4.36. The molecule has 0 saturated carbocycles. The highest BCUT2D eigenvalue weighted by molar-refractivity contribution is 5.82. The molecule has 0 radical (unpaired) electrons. The van der Waals surface area contributed by atoms with Crippen molar-refractivity contribution in [3.63, 3.8) is 0 Å². The molecule has 0 heterocycles. The molecule has 0 aliphatic carbocycles. The number of nitrogens with two attached hydrogens (primary N) is 1. The molecule has 6 heteroatoms. The summed E-state index contributed by atoms with van der Waals surface area (Å²) in [6.45, 7) is 2.98. The number of hydrogen-bond acceptors (Lipinski definition) is 2. The highest BCUT2D eigenvalue weighted by atomic mass is 19.4. The van der Waals surface area contributed by atoms with Crippen molar-refractivity contribution in [3.8, 4) is 0 Å². The van der Waals surface area contributed by atoms with E-state index in [1.807, 2.05) is 0 Å². The first kappa shape index (κ1) is 12.0. The number of halogens is 3. The van der Waals surface area contributed by atoms with Crippen LogP contribution in [0.3, 0.4) is 0 Å². The van der Waals surface area contributed by atoms with Crippen molar-refractivity contribution < 1.29 is 18.0 Å². The standard InChI is InChI=1S/C7H11F3N2O/c1-2-4-12(5-3-11)6(13)7(8,9)10/h2H,1,3-5,11H2. The Bertz CT molecular complexity index is 191. The van der Waals surface area contributed by atoms with Gasteiger partial charge in [0.05, 0.1) is 0 Å². The number of carbonyl (C=O) groups is 1. The molecule has 0 aromatic heterocycles. The third-order valence-corrected chi connectivity index (χ3v) is 1.28. The molecular formula is C7H11F3N2O. The number of hydrogen-bond donors (Lipinski definition) is 1. The van der Waals surface area contributed by atoms with E-state index in [0.717, 1.165) is 0 Å². The van der Waals surface area contributed by atoms with E-state index >= 15 is 0 Å². The van der Waals surface area contributed by atoms with Crippen molar-refractivity contribution in [2.24, 2.45) is 5.73 Å². The summed E-state index contributed by atoms with van der Waals surface area (Å²) in [5, 5.41) is 0. The Labute approximate surface area is 74.0 Å². The van der Waals surface area contributed by atoms with E-state index in [2.05, 4.69) is 6.58 Å². The highest BCUT2D eigenvalue weighted by Crippen LogP contribution is 2.17. The van der Waals surface area contributed by atoms with E-state index in [9.17, 15) is 18.0 Å². The van der Waals surface area contributed by atoms with Crippen LogP contribution in [0.15, 0.2) is 12.7 Å². The molecule has 0 aliphatic heterocycles. The predicted octanol–water partition coefficient (Wildman–Crippen LogP) is 0.522. The minimum atomic E-state index is -4.84. The molecule has 0 aromatic carbocycles. The van der Waals surface area contributed by atoms with Crippen LogP contribution < -0.4 is 5.73 Å². The van der Waals surface area contributed by atoms with Crippen LogP contribution in [0.4, 0.5) is 13.2 Å². The Morgan fingerprint density at radius 2 is 2.08 bits per heavy atom. The van der Waals surface area contributed by atoms with Crippen LogP contribution in [-0.4, -0.2) is 36.6 Å². The molecule has 0 rings (SSSR count). The zero-order chi connectivity index (χ0) is 10.5. The Kier molecular flexibility index (Phi) is 4.47. The van der Waals surface area contributed by atoms with E-state index in [1.54, 1.807) is 0 Å². The van der Waals surface area contributed by atoms with Crippen molar-refractivity contribution in [1.82, 2.24) is 4.90 Å². The zero-order valence-corrected chi connectivity index (χ0v) is 6.97. The van der Waals surface area contributed by atoms with E-state index in [0.29, 0.717) is 4.90 Å². The molecule has 3 nitrogen and oxygen atoms in total. The molecule has 0 aliphatic rings. The molecule has 0 atom stereocenters. The number of carbonyl (C=O) groups excluding carboxylic acids is 1. The van der Waals surface area contributed by atoms with Gasteiger partial charge in [0.1, 0.15) is 0 Å². The molecule has 0 fully saturated rings. The van der Waals surface area contributed by atoms with Crippen LogP contribution in [0.2, 0.25) is 0 Å². The lowest BCUT2D eigenvalue weighted by molar-refractivity contribution is -0.184. The second kappa shape index (κ2) is 4.86. The average molecular weight is 196 g/mol. The second-order valence-corrected chi connectivity index (χ2v) is 2.33. The van der Waals surface area contributed by atoms with Gasteiger partial charge in [-0.3, -0.25) is 4.79 Å². The first-order valence-corrected chi connectivity index (χ1v) is 3.60. The van der Waals surface area contributed by atoms with E-state index < -0.39 is 12.1 Å². The Hall–Kier alpha value is -1.04. The molecule has 76 valence electrons. The number of alkyl halides is 3. The van der Waals surface area contributed by atoms with Crippen LogP contribution >= 0.6 is 0 Å². The normalized spacial score (nSPS) is 11.1. The number of amides is 1. The van der Waals surface area contributed by atoms with Gasteiger partial charge in [0.15, 0.2) is 0 Å². The first-order chi connectivity index (χ1) is 5.93. The lowest BCUT2D eigenvalue weighted by atomic mass is 10.4. The monoisotopic (exact) mass is 196 g/mol. The minimum Gasteiger partial charge on any atom is -0.330 e. The maximum atomic E-state index is 11.9. The van der Waals surface area contributed by atoms with Crippen molar-refractivity contribution in [3.05, 3.63) is 12.7 Å². The summed E-state index contributed by atoms with van der Waals surface area (Å²) >= 11 is 0. The smallest absolute Gasteiger partial charge is 0.330 e. The second-order valence-electron chi connectivity index (χ2n) is 2.33. The maximum Gasteiger partial charge on any atom is 0.471 e. The summed E-state index contributed by atoms with van der Waals surface area (Å²) in [5.41, 5.74) is 5.05. The largest absolute Gasteiger partial charge is 0.471 e. The third-order valence-electron chi connectivity index (χ3n) is 1.28. The molecular weight excluding hydrogens is 185 g/mol. The van der Waals surface area contributed by atoms with Crippen molar-refractivity contribution in [2.45, 2.75) is 6.18 Å². The van der Waals surface area contributed by atoms with E-state index in [4.69, 9.17) is 5.73 Å². The highest BCUT2D eigenvalue weighted by Gasteiger charge is 2.41. The predicted molar refractivity (Wildman–Crippen MR) is 41.9 cm³/mol. The molecule has 0 saturated heterocycles. The van der Waals surface area contributed by atoms with Gasteiger partial charge in [-0.15, -0.1) is 6.58 Å². The molecule has 0 unspecified atom stereocenters. The van der Waals surface area contributed by atoms with Gasteiger partial charge in [-0.25, -0.2) is 0 Å². The van der Waals surface area contributed by atoms with Crippen LogP contribution in [0.25, 0.3) is 0 Å². The van der Waals surface area contributed by atoms with Crippen LogP contribution in [0, 0.1) is 0 Å². The fourth-order valence-corrected chi connectivity index (χ4v) is 0.767. The van der Waals surface area contributed by atoms with Crippen molar-refractivity contribution >= 4 is 5.91 Å². The van der Waals surface area contributed by atoms with Gasteiger partial charge in [0.2, 0.25) is 0 Å². The summed E-state index contributed by atoms with van der Waals surface area (Å²) in [6, 6.07) is 0. The first-order valence-electron chi connectivity index (χ1n) is 3.60. The average Bonchev–Trinajstić information content (AvgIpc) is 2.01. The fraction of sp³-hybridized carbons (Fsp3) is 0.571. The van der Waals surface area contributed by atoms with Crippen LogP contribution in [0.1, 0.15) is 0 Å². The molecule has 0 aromatic rings. The summed E-state index contributed by atoms with van der Waals surface area (Å²) in [5.74, 6) is -1.88. The molecule has 13 heavy (non-hydrogen) atoms. The SMILES string of the molecule is C=CCN(CCN)C(=O)C(F)(F)F. The van der Waals surface area contributed by atoms with E-state index in [-0.39, 0.29) is 19.6 Å². The van der Waals surface area contributed by atoms with Gasteiger partial charge < -0.3 is 10.6 Å². The number of rotatable bonds is 4. The minimum absolute atomic E-state index is 0.00431. The van der Waals surface area contributed by atoms with Gasteiger partial charge in [0, 0.05) is 19.6 Å². The topological polar surface area (TPSA) is 46.3 Å². The quantitative estimate of drug-likeness (QED) is 0.666. The van der Waals surface area contributed by atoms with Gasteiger partial charge in [-0.05, 0) is 0 Å². The van der Waals surface area contributed by atoms with Gasteiger partial charge in [0.25, 0.3) is 0 Å². The van der Waals surface area contributed by atoms with E-state index in [1.165, 1.54) is 6.08 Å². The van der Waals surface area contributed by atoms with Crippen molar-refractivity contribution in [2.75, 3.05) is 19.6 Å². The lowest BCUT2D eigenvalue weighted by Crippen LogP contribution is -2.43. The molecule has 2 N–H and O–H groups in total. The molecule has 0 bridgehead atoms. The lowest BCUT2D eigenvalue weighted by Gasteiger charge is -2.21. The Morgan fingerprint density at radius 1 is 1.54 bits per heavy atom.